The molecule has 3 rings (SSSR count). The van der Waals surface area contributed by atoms with Crippen LogP contribution in [0.2, 0.25) is 0 Å². The van der Waals surface area contributed by atoms with Gasteiger partial charge in [-0.3, -0.25) is 0 Å². The highest BCUT2D eigenvalue weighted by molar-refractivity contribution is 7.07. The van der Waals surface area contributed by atoms with Crippen LogP contribution in [0.1, 0.15) is 25.0 Å². The summed E-state index contributed by atoms with van der Waals surface area (Å²) in [7, 11) is -2.58. The predicted octanol–water partition coefficient (Wildman–Crippen LogP) is 3.70. The van der Waals surface area contributed by atoms with Gasteiger partial charge >= 0.3 is 0 Å². The van der Waals surface area contributed by atoms with E-state index in [1.807, 2.05) is 0 Å². The highest BCUT2D eigenvalue weighted by Crippen LogP contribution is 2.15. The van der Waals surface area contributed by atoms with Gasteiger partial charge in [0.2, 0.25) is 0 Å². The highest BCUT2D eigenvalue weighted by Gasteiger charge is 2.44. The molecular weight excluding hydrogens is 320 g/mol. The van der Waals surface area contributed by atoms with Crippen molar-refractivity contribution in [2.75, 3.05) is 0 Å². The average molecular weight is 347 g/mol. The minimum Gasteiger partial charge on any atom is -0.402 e. The van der Waals surface area contributed by atoms with Crippen molar-refractivity contribution in [3.8, 4) is 0 Å². The Balaban J connectivity index is 2.41. The minimum absolute atomic E-state index is 0.145. The Labute approximate surface area is 152 Å². The van der Waals surface area contributed by atoms with E-state index in [-0.39, 0.29) is 6.10 Å². The van der Waals surface area contributed by atoms with Crippen LogP contribution in [-0.2, 0) is 4.43 Å². The highest BCUT2D eigenvalue weighted by atomic mass is 28.4. The fraction of sp³-hybridized carbons (Fsp3) is 0.217. The van der Waals surface area contributed by atoms with Crippen LogP contribution in [0.4, 0.5) is 0 Å². The van der Waals surface area contributed by atoms with E-state index in [0.717, 1.165) is 0 Å². The average Bonchev–Trinajstić information content (AvgIpc) is 2.61. The fourth-order valence-electron chi connectivity index (χ4n) is 3.61. The van der Waals surface area contributed by atoms with Crippen LogP contribution in [0.25, 0.3) is 0 Å². The molecule has 0 radical (unpaired) electrons. The van der Waals surface area contributed by atoms with E-state index in [0.29, 0.717) is 0 Å². The second-order valence-electron chi connectivity index (χ2n) is 6.84. The van der Waals surface area contributed by atoms with Gasteiger partial charge in [-0.25, -0.2) is 0 Å². The minimum atomic E-state index is -2.58. The molecule has 0 aliphatic carbocycles. The van der Waals surface area contributed by atoms with Crippen molar-refractivity contribution in [2.24, 2.45) is 0 Å². The zero-order chi connectivity index (χ0) is 17.9. The van der Waals surface area contributed by atoms with E-state index >= 15 is 0 Å². The lowest BCUT2D eigenvalue weighted by atomic mass is 10.2. The standard InChI is InChI=1S/C23H26OSi/c1-18(2)24-25(21-14-6-5-7-15-21,22-16-10-8-12-19(22)3)23-17-11-9-13-20(23)4/h5-18H,1-4H3. The van der Waals surface area contributed by atoms with Crippen LogP contribution >= 0.6 is 0 Å². The summed E-state index contributed by atoms with van der Waals surface area (Å²) in [5, 5.41) is 3.97. The van der Waals surface area contributed by atoms with E-state index in [4.69, 9.17) is 4.43 Å². The van der Waals surface area contributed by atoms with Crippen molar-refractivity contribution in [2.45, 2.75) is 33.8 Å². The van der Waals surface area contributed by atoms with Gasteiger partial charge in [-0.2, -0.15) is 0 Å². The largest absolute Gasteiger partial charge is 0.402 e. The molecule has 0 spiro atoms. The molecule has 1 nitrogen and oxygen atoms in total. The number of benzene rings is 3. The van der Waals surface area contributed by atoms with E-state index < -0.39 is 8.32 Å². The Morgan fingerprint density at radius 1 is 0.640 bits per heavy atom. The smallest absolute Gasteiger partial charge is 0.289 e. The van der Waals surface area contributed by atoms with Crippen LogP contribution in [-0.4, -0.2) is 14.4 Å². The Bertz CT molecular complexity index is 794. The SMILES string of the molecule is Cc1ccccc1[Si](OC(C)C)(c1ccccc1)c1ccccc1C. The third-order valence-electron chi connectivity index (χ3n) is 4.64. The Morgan fingerprint density at radius 3 is 1.52 bits per heavy atom. The maximum absolute atomic E-state index is 6.90. The van der Waals surface area contributed by atoms with Crippen LogP contribution in [0.5, 0.6) is 0 Å². The van der Waals surface area contributed by atoms with Gasteiger partial charge in [0.1, 0.15) is 0 Å². The van der Waals surface area contributed by atoms with Gasteiger partial charge in [0.05, 0.1) is 0 Å². The van der Waals surface area contributed by atoms with E-state index in [1.165, 1.54) is 26.7 Å². The van der Waals surface area contributed by atoms with Crippen molar-refractivity contribution >= 4 is 23.9 Å². The van der Waals surface area contributed by atoms with Crippen LogP contribution < -0.4 is 15.6 Å². The quantitative estimate of drug-likeness (QED) is 0.506. The molecule has 3 aromatic rings. The van der Waals surface area contributed by atoms with Gasteiger partial charge < -0.3 is 4.43 Å². The summed E-state index contributed by atoms with van der Waals surface area (Å²) in [4.78, 5) is 0. The lowest BCUT2D eigenvalue weighted by Crippen LogP contribution is -2.71. The summed E-state index contributed by atoms with van der Waals surface area (Å²) in [5.74, 6) is 0. The molecule has 128 valence electrons. The van der Waals surface area contributed by atoms with E-state index in [2.05, 4.69) is 107 Å². The normalized spacial score (nSPS) is 11.7. The Kier molecular flexibility index (Phi) is 5.21. The summed E-state index contributed by atoms with van der Waals surface area (Å²) >= 11 is 0. The van der Waals surface area contributed by atoms with Crippen molar-refractivity contribution in [3.05, 3.63) is 90.0 Å². The molecule has 0 saturated carbocycles. The van der Waals surface area contributed by atoms with Crippen molar-refractivity contribution < 1.29 is 4.43 Å². The molecule has 0 aliphatic rings. The molecule has 0 bridgehead atoms. The summed E-state index contributed by atoms with van der Waals surface area (Å²) in [6.45, 7) is 8.67. The van der Waals surface area contributed by atoms with E-state index in [9.17, 15) is 0 Å². The summed E-state index contributed by atoms with van der Waals surface area (Å²) in [6.07, 6.45) is 0.145. The van der Waals surface area contributed by atoms with Gasteiger partial charge in [0.15, 0.2) is 0 Å². The lowest BCUT2D eigenvalue weighted by molar-refractivity contribution is 0.245. The molecule has 2 heteroatoms. The van der Waals surface area contributed by atoms with Gasteiger partial charge in [0.25, 0.3) is 8.32 Å². The second kappa shape index (κ2) is 7.38. The number of hydrogen-bond donors (Lipinski definition) is 0. The lowest BCUT2D eigenvalue weighted by Gasteiger charge is -2.36. The molecule has 0 unspecified atom stereocenters. The Morgan fingerprint density at radius 2 is 1.08 bits per heavy atom. The van der Waals surface area contributed by atoms with Gasteiger partial charge in [-0.1, -0.05) is 78.9 Å². The summed E-state index contributed by atoms with van der Waals surface area (Å²) < 4.78 is 6.90. The molecule has 3 aromatic carbocycles. The van der Waals surface area contributed by atoms with Crippen LogP contribution in [0, 0.1) is 13.8 Å². The summed E-state index contributed by atoms with van der Waals surface area (Å²) in [6, 6.07) is 28.2. The molecule has 0 heterocycles. The van der Waals surface area contributed by atoms with Crippen molar-refractivity contribution in [1.82, 2.24) is 0 Å². The van der Waals surface area contributed by atoms with Gasteiger partial charge in [0, 0.05) is 6.10 Å². The van der Waals surface area contributed by atoms with Crippen molar-refractivity contribution in [3.63, 3.8) is 0 Å². The topological polar surface area (TPSA) is 9.23 Å². The first kappa shape index (κ1) is 17.7. The van der Waals surface area contributed by atoms with Crippen LogP contribution in [0.15, 0.2) is 78.9 Å². The molecular formula is C23H26OSi. The monoisotopic (exact) mass is 346 g/mol. The molecule has 0 fully saturated rings. The third-order valence-corrected chi connectivity index (χ3v) is 9.25. The first-order valence-electron chi connectivity index (χ1n) is 8.91. The van der Waals surface area contributed by atoms with Crippen LogP contribution in [0.3, 0.4) is 0 Å². The molecule has 0 aliphatic heterocycles. The van der Waals surface area contributed by atoms with Gasteiger partial charge in [-0.05, 0) is 54.4 Å². The summed E-state index contributed by atoms with van der Waals surface area (Å²) in [5.41, 5.74) is 2.59. The molecule has 0 aromatic heterocycles. The van der Waals surface area contributed by atoms with Crippen molar-refractivity contribution in [1.29, 1.82) is 0 Å². The Hall–Kier alpha value is -2.16. The molecule has 0 N–H and O–H groups in total. The first-order valence-corrected chi connectivity index (χ1v) is 10.8. The maximum atomic E-state index is 6.90. The zero-order valence-corrected chi connectivity index (χ0v) is 16.5. The first-order chi connectivity index (χ1) is 12.1. The molecule has 0 atom stereocenters. The molecule has 25 heavy (non-hydrogen) atoms. The second-order valence-corrected chi connectivity index (χ2v) is 10.1. The zero-order valence-electron chi connectivity index (χ0n) is 15.5. The van der Waals surface area contributed by atoms with Gasteiger partial charge in [-0.15, -0.1) is 0 Å². The number of rotatable bonds is 5. The maximum Gasteiger partial charge on any atom is 0.289 e. The number of hydrogen-bond acceptors (Lipinski definition) is 1. The predicted molar refractivity (Wildman–Crippen MR) is 110 cm³/mol. The van der Waals surface area contributed by atoms with E-state index in [1.54, 1.807) is 0 Å². The number of aryl methyl sites for hydroxylation is 2. The molecule has 0 amide bonds. The fourth-order valence-corrected chi connectivity index (χ4v) is 8.22. The molecule has 0 saturated heterocycles. The third kappa shape index (κ3) is 3.32.